The predicted octanol–water partition coefficient (Wildman–Crippen LogP) is 5.44. The number of nitrogens with zero attached hydrogens (tertiary/aromatic N) is 1. The lowest BCUT2D eigenvalue weighted by Crippen LogP contribution is -2.30. The van der Waals surface area contributed by atoms with Crippen LogP contribution in [0.2, 0.25) is 0 Å². The van der Waals surface area contributed by atoms with Gasteiger partial charge in [-0.05, 0) is 36.6 Å². The first-order valence-corrected chi connectivity index (χ1v) is 11.1. The number of benzene rings is 2. The zero-order valence-electron chi connectivity index (χ0n) is 17.9. The van der Waals surface area contributed by atoms with Gasteiger partial charge < -0.3 is 10.1 Å². The monoisotopic (exact) mass is 492 g/mol. The Hall–Kier alpha value is -2.81. The molecule has 0 unspecified atom stereocenters. The quantitative estimate of drug-likeness (QED) is 0.466. The molecular formula is C24H23ClF2N2O3S. The van der Waals surface area contributed by atoms with Crippen LogP contribution in [0.4, 0.5) is 13.8 Å². The molecule has 33 heavy (non-hydrogen) atoms. The molecule has 174 valence electrons. The summed E-state index contributed by atoms with van der Waals surface area (Å²) in [6, 6.07) is 13.3. The van der Waals surface area contributed by atoms with Crippen molar-refractivity contribution in [2.45, 2.75) is 26.4 Å². The van der Waals surface area contributed by atoms with E-state index >= 15 is 0 Å². The van der Waals surface area contributed by atoms with E-state index in [9.17, 15) is 18.4 Å². The van der Waals surface area contributed by atoms with Crippen LogP contribution >= 0.6 is 23.7 Å². The van der Waals surface area contributed by atoms with Crippen molar-refractivity contribution in [3.05, 3.63) is 87.3 Å². The fraction of sp³-hybridized carbons (Fsp3) is 0.250. The summed E-state index contributed by atoms with van der Waals surface area (Å²) < 4.78 is 33.4. The Morgan fingerprint density at radius 1 is 1.06 bits per heavy atom. The molecular weight excluding hydrogens is 470 g/mol. The third-order valence-electron chi connectivity index (χ3n) is 5.28. The van der Waals surface area contributed by atoms with Gasteiger partial charge in [-0.25, -0.2) is 13.6 Å². The standard InChI is InChI=1S/C24H22F2N2O3S.ClH/c1-2-31-24(30)20-16-11-12-28(13-15-7-4-3-5-8-15)14-19(16)32-23(20)27-22(29)21-17(25)9-6-10-18(21)26;/h3-10H,2,11-14H2,1H3,(H,27,29);1H. The average Bonchev–Trinajstić information content (AvgIpc) is 3.11. The highest BCUT2D eigenvalue weighted by molar-refractivity contribution is 7.17. The van der Waals surface area contributed by atoms with Crippen molar-refractivity contribution < 1.29 is 23.1 Å². The maximum absolute atomic E-state index is 14.1. The summed E-state index contributed by atoms with van der Waals surface area (Å²) >= 11 is 1.25. The summed E-state index contributed by atoms with van der Waals surface area (Å²) in [5.74, 6) is -3.41. The summed E-state index contributed by atoms with van der Waals surface area (Å²) in [7, 11) is 0. The van der Waals surface area contributed by atoms with Gasteiger partial charge in [0.2, 0.25) is 0 Å². The molecule has 5 nitrogen and oxygen atoms in total. The number of rotatable bonds is 6. The number of amides is 1. The molecule has 0 radical (unpaired) electrons. The smallest absolute Gasteiger partial charge is 0.341 e. The second-order valence-corrected chi connectivity index (χ2v) is 8.53. The lowest BCUT2D eigenvalue weighted by molar-refractivity contribution is 0.0526. The van der Waals surface area contributed by atoms with Crippen LogP contribution in [-0.4, -0.2) is 29.9 Å². The Morgan fingerprint density at radius 3 is 2.42 bits per heavy atom. The second kappa shape index (κ2) is 10.9. The molecule has 0 saturated carbocycles. The van der Waals surface area contributed by atoms with Crippen LogP contribution in [0, 0.1) is 11.6 Å². The molecule has 2 aromatic carbocycles. The maximum Gasteiger partial charge on any atom is 0.341 e. The summed E-state index contributed by atoms with van der Waals surface area (Å²) in [5, 5.41) is 2.80. The fourth-order valence-corrected chi connectivity index (χ4v) is 5.09. The Balaban J connectivity index is 0.00000306. The minimum atomic E-state index is -0.962. The van der Waals surface area contributed by atoms with Gasteiger partial charge in [-0.15, -0.1) is 23.7 Å². The van der Waals surface area contributed by atoms with Crippen molar-refractivity contribution >= 4 is 40.6 Å². The SMILES string of the molecule is CCOC(=O)c1c(NC(=O)c2c(F)cccc2F)sc2c1CCN(Cc1ccccc1)C2.Cl. The first-order valence-electron chi connectivity index (χ1n) is 10.3. The molecule has 1 amide bonds. The molecule has 0 spiro atoms. The Morgan fingerprint density at radius 2 is 1.76 bits per heavy atom. The molecule has 1 aromatic heterocycles. The number of hydrogen-bond donors (Lipinski definition) is 1. The summed E-state index contributed by atoms with van der Waals surface area (Å²) in [4.78, 5) is 28.5. The van der Waals surface area contributed by atoms with Gasteiger partial charge in [0, 0.05) is 24.5 Å². The highest BCUT2D eigenvalue weighted by atomic mass is 35.5. The van der Waals surface area contributed by atoms with E-state index in [-0.39, 0.29) is 29.6 Å². The molecule has 4 rings (SSSR count). The van der Waals surface area contributed by atoms with Gasteiger partial charge in [0.25, 0.3) is 5.91 Å². The minimum Gasteiger partial charge on any atom is -0.462 e. The Bertz CT molecular complexity index is 1130. The van der Waals surface area contributed by atoms with E-state index in [1.165, 1.54) is 23.0 Å². The molecule has 1 aliphatic heterocycles. The van der Waals surface area contributed by atoms with Gasteiger partial charge in [0.1, 0.15) is 22.2 Å². The van der Waals surface area contributed by atoms with Gasteiger partial charge in [0.05, 0.1) is 12.2 Å². The summed E-state index contributed by atoms with van der Waals surface area (Å²) in [5.41, 5.74) is 1.60. The molecule has 0 aliphatic carbocycles. The van der Waals surface area contributed by atoms with E-state index in [0.29, 0.717) is 13.0 Å². The van der Waals surface area contributed by atoms with Crippen molar-refractivity contribution in [1.29, 1.82) is 0 Å². The highest BCUT2D eigenvalue weighted by Crippen LogP contribution is 2.38. The van der Waals surface area contributed by atoms with Crippen molar-refractivity contribution in [3.8, 4) is 0 Å². The van der Waals surface area contributed by atoms with Crippen LogP contribution in [0.1, 0.15) is 43.6 Å². The molecule has 0 fully saturated rings. The van der Waals surface area contributed by atoms with Crippen molar-refractivity contribution in [3.63, 3.8) is 0 Å². The van der Waals surface area contributed by atoms with Gasteiger partial charge in [-0.2, -0.15) is 0 Å². The van der Waals surface area contributed by atoms with Crippen molar-refractivity contribution in [2.24, 2.45) is 0 Å². The number of halogens is 3. The first-order chi connectivity index (χ1) is 15.5. The lowest BCUT2D eigenvalue weighted by atomic mass is 10.0. The van der Waals surface area contributed by atoms with Crippen molar-refractivity contribution in [1.82, 2.24) is 4.90 Å². The largest absolute Gasteiger partial charge is 0.462 e. The number of esters is 1. The van der Waals surface area contributed by atoms with Gasteiger partial charge in [-0.3, -0.25) is 9.69 Å². The predicted molar refractivity (Wildman–Crippen MR) is 126 cm³/mol. The summed E-state index contributed by atoms with van der Waals surface area (Å²) in [6.07, 6.45) is 0.608. The van der Waals surface area contributed by atoms with Gasteiger partial charge >= 0.3 is 5.97 Å². The minimum absolute atomic E-state index is 0. The van der Waals surface area contributed by atoms with E-state index in [2.05, 4.69) is 22.3 Å². The second-order valence-electron chi connectivity index (χ2n) is 7.43. The Kier molecular flexibility index (Phi) is 8.18. The van der Waals surface area contributed by atoms with E-state index in [0.717, 1.165) is 35.7 Å². The van der Waals surface area contributed by atoms with E-state index < -0.39 is 29.1 Å². The maximum atomic E-state index is 14.1. The topological polar surface area (TPSA) is 58.6 Å². The van der Waals surface area contributed by atoms with Crippen LogP contribution in [0.5, 0.6) is 0 Å². The molecule has 9 heteroatoms. The van der Waals surface area contributed by atoms with Crippen LogP contribution in [0.3, 0.4) is 0 Å². The molecule has 1 N–H and O–H groups in total. The number of carbonyl (C=O) groups is 2. The Labute approximate surface area is 200 Å². The zero-order chi connectivity index (χ0) is 22.7. The zero-order valence-corrected chi connectivity index (χ0v) is 19.5. The molecule has 0 atom stereocenters. The van der Waals surface area contributed by atoms with Crippen LogP contribution in [0.25, 0.3) is 0 Å². The number of carbonyl (C=O) groups excluding carboxylic acids is 2. The normalized spacial score (nSPS) is 13.1. The highest BCUT2D eigenvalue weighted by Gasteiger charge is 2.30. The van der Waals surface area contributed by atoms with Gasteiger partial charge in [-0.1, -0.05) is 36.4 Å². The van der Waals surface area contributed by atoms with E-state index in [1.807, 2.05) is 18.2 Å². The average molecular weight is 493 g/mol. The molecule has 2 heterocycles. The number of ether oxygens (including phenoxy) is 1. The molecule has 0 saturated heterocycles. The van der Waals surface area contributed by atoms with Crippen LogP contribution in [0.15, 0.2) is 48.5 Å². The van der Waals surface area contributed by atoms with Crippen LogP contribution in [-0.2, 0) is 24.2 Å². The van der Waals surface area contributed by atoms with E-state index in [1.54, 1.807) is 6.92 Å². The third-order valence-corrected chi connectivity index (χ3v) is 6.41. The van der Waals surface area contributed by atoms with Crippen LogP contribution < -0.4 is 5.32 Å². The molecule has 3 aromatic rings. The number of fused-ring (bicyclic) bond motifs is 1. The van der Waals surface area contributed by atoms with Gasteiger partial charge in [0.15, 0.2) is 0 Å². The number of hydrogen-bond acceptors (Lipinski definition) is 5. The first kappa shape index (κ1) is 24.8. The molecule has 0 bridgehead atoms. The van der Waals surface area contributed by atoms with Crippen molar-refractivity contribution in [2.75, 3.05) is 18.5 Å². The summed E-state index contributed by atoms with van der Waals surface area (Å²) in [6.45, 7) is 3.98. The lowest BCUT2D eigenvalue weighted by Gasteiger charge is -2.27. The third kappa shape index (κ3) is 5.40. The molecule has 1 aliphatic rings. The number of thiophene rings is 1. The number of anilines is 1. The van der Waals surface area contributed by atoms with E-state index in [4.69, 9.17) is 4.74 Å². The number of nitrogens with one attached hydrogen (secondary N) is 1. The fourth-order valence-electron chi connectivity index (χ4n) is 3.82.